The molecule has 3 aromatic rings. The molecule has 2 aromatic heterocycles. The van der Waals surface area contributed by atoms with Gasteiger partial charge in [-0.05, 0) is 42.3 Å². The smallest absolute Gasteiger partial charge is 0.269 e. The molecule has 5 heteroatoms. The molecule has 22 heavy (non-hydrogen) atoms. The second-order valence-electron chi connectivity index (χ2n) is 4.84. The predicted octanol–water partition coefficient (Wildman–Crippen LogP) is 2.24. The summed E-state index contributed by atoms with van der Waals surface area (Å²) >= 11 is 0. The number of amides is 1. The van der Waals surface area contributed by atoms with Gasteiger partial charge in [-0.1, -0.05) is 18.2 Å². The van der Waals surface area contributed by atoms with Gasteiger partial charge in [-0.2, -0.15) is 5.10 Å². The number of pyridine rings is 1. The van der Waals surface area contributed by atoms with Gasteiger partial charge < -0.3 is 5.32 Å². The van der Waals surface area contributed by atoms with E-state index in [0.29, 0.717) is 12.2 Å². The van der Waals surface area contributed by atoms with E-state index in [-0.39, 0.29) is 5.91 Å². The standard InChI is InChI=1S/C17H16N4O/c22-17(16-4-1-2-10-18-16)19-12-9-14-5-7-15(8-6-14)21-13-3-11-20-21/h1-8,10-11,13H,9,12H2,(H,19,22). The molecule has 1 amide bonds. The average Bonchev–Trinajstić information content (AvgIpc) is 3.11. The van der Waals surface area contributed by atoms with Crippen LogP contribution in [-0.4, -0.2) is 27.2 Å². The Kier molecular flexibility index (Phi) is 4.25. The number of hydrogen-bond acceptors (Lipinski definition) is 3. The summed E-state index contributed by atoms with van der Waals surface area (Å²) in [6.45, 7) is 0.580. The molecule has 0 saturated heterocycles. The topological polar surface area (TPSA) is 59.8 Å². The zero-order chi connectivity index (χ0) is 15.2. The van der Waals surface area contributed by atoms with Crippen molar-refractivity contribution >= 4 is 5.91 Å². The lowest BCUT2D eigenvalue weighted by atomic mass is 10.1. The average molecular weight is 292 g/mol. The summed E-state index contributed by atoms with van der Waals surface area (Å²) in [6, 6.07) is 15.3. The van der Waals surface area contributed by atoms with Gasteiger partial charge in [0.15, 0.2) is 0 Å². The summed E-state index contributed by atoms with van der Waals surface area (Å²) in [6.07, 6.45) is 6.05. The highest BCUT2D eigenvalue weighted by molar-refractivity contribution is 5.92. The summed E-state index contributed by atoms with van der Waals surface area (Å²) in [5.41, 5.74) is 2.63. The number of nitrogens with zero attached hydrogens (tertiary/aromatic N) is 3. The van der Waals surface area contributed by atoms with E-state index < -0.39 is 0 Å². The van der Waals surface area contributed by atoms with Crippen LogP contribution in [0.1, 0.15) is 16.1 Å². The Labute approximate surface area is 128 Å². The van der Waals surface area contributed by atoms with Crippen LogP contribution in [0, 0.1) is 0 Å². The molecule has 0 aliphatic rings. The number of aromatic nitrogens is 3. The minimum atomic E-state index is -0.145. The Bertz CT molecular complexity index is 721. The van der Waals surface area contributed by atoms with Crippen LogP contribution < -0.4 is 5.32 Å². The molecule has 1 N–H and O–H groups in total. The van der Waals surface area contributed by atoms with Crippen molar-refractivity contribution in [1.29, 1.82) is 0 Å². The van der Waals surface area contributed by atoms with Crippen molar-refractivity contribution in [2.45, 2.75) is 6.42 Å². The van der Waals surface area contributed by atoms with Gasteiger partial charge in [0.2, 0.25) is 0 Å². The molecule has 0 spiro atoms. The minimum absolute atomic E-state index is 0.145. The van der Waals surface area contributed by atoms with Crippen molar-refractivity contribution < 1.29 is 4.79 Å². The second kappa shape index (κ2) is 6.67. The lowest BCUT2D eigenvalue weighted by Crippen LogP contribution is -2.26. The molecule has 1 aromatic carbocycles. The van der Waals surface area contributed by atoms with Crippen LogP contribution in [0.4, 0.5) is 0 Å². The van der Waals surface area contributed by atoms with Crippen LogP contribution in [0.25, 0.3) is 5.69 Å². The molecule has 3 rings (SSSR count). The second-order valence-corrected chi connectivity index (χ2v) is 4.84. The van der Waals surface area contributed by atoms with Gasteiger partial charge in [0.25, 0.3) is 5.91 Å². The van der Waals surface area contributed by atoms with E-state index in [1.54, 1.807) is 30.6 Å². The highest BCUT2D eigenvalue weighted by Gasteiger charge is 2.05. The Balaban J connectivity index is 1.53. The molecule has 0 saturated carbocycles. The van der Waals surface area contributed by atoms with Crippen molar-refractivity contribution in [3.63, 3.8) is 0 Å². The Hall–Kier alpha value is -2.95. The summed E-state index contributed by atoms with van der Waals surface area (Å²) in [5.74, 6) is -0.145. The molecule has 0 atom stereocenters. The fourth-order valence-corrected chi connectivity index (χ4v) is 2.14. The lowest BCUT2D eigenvalue weighted by Gasteiger charge is -2.06. The normalized spacial score (nSPS) is 10.4. The lowest BCUT2D eigenvalue weighted by molar-refractivity contribution is 0.0949. The highest BCUT2D eigenvalue weighted by atomic mass is 16.1. The first kappa shape index (κ1) is 14.0. The first-order valence-corrected chi connectivity index (χ1v) is 7.11. The third kappa shape index (κ3) is 3.38. The first-order valence-electron chi connectivity index (χ1n) is 7.11. The van der Waals surface area contributed by atoms with E-state index in [2.05, 4.69) is 15.4 Å². The zero-order valence-corrected chi connectivity index (χ0v) is 12.0. The third-order valence-electron chi connectivity index (χ3n) is 3.30. The fourth-order valence-electron chi connectivity index (χ4n) is 2.14. The molecule has 0 bridgehead atoms. The number of benzene rings is 1. The van der Waals surface area contributed by atoms with Gasteiger partial charge in [0.05, 0.1) is 5.69 Å². The third-order valence-corrected chi connectivity index (χ3v) is 3.30. The minimum Gasteiger partial charge on any atom is -0.350 e. The van der Waals surface area contributed by atoms with E-state index >= 15 is 0 Å². The number of carbonyl (C=O) groups excluding carboxylic acids is 1. The van der Waals surface area contributed by atoms with E-state index in [0.717, 1.165) is 17.7 Å². The number of nitrogens with one attached hydrogen (secondary N) is 1. The number of rotatable bonds is 5. The fraction of sp³-hybridized carbons (Fsp3) is 0.118. The summed E-state index contributed by atoms with van der Waals surface area (Å²) in [4.78, 5) is 15.9. The van der Waals surface area contributed by atoms with E-state index in [9.17, 15) is 4.79 Å². The Morgan fingerprint density at radius 2 is 1.91 bits per heavy atom. The molecule has 5 nitrogen and oxygen atoms in total. The van der Waals surface area contributed by atoms with Gasteiger partial charge >= 0.3 is 0 Å². The molecule has 0 unspecified atom stereocenters. The summed E-state index contributed by atoms with van der Waals surface area (Å²) in [7, 11) is 0. The van der Waals surface area contributed by atoms with Gasteiger partial charge in [0.1, 0.15) is 5.69 Å². The van der Waals surface area contributed by atoms with Crippen molar-refractivity contribution in [1.82, 2.24) is 20.1 Å². The number of carbonyl (C=O) groups is 1. The van der Waals surface area contributed by atoms with Crippen molar-refractivity contribution in [2.24, 2.45) is 0 Å². The number of hydrogen-bond donors (Lipinski definition) is 1. The highest BCUT2D eigenvalue weighted by Crippen LogP contribution is 2.08. The summed E-state index contributed by atoms with van der Waals surface area (Å²) < 4.78 is 1.81. The first-order chi connectivity index (χ1) is 10.8. The SMILES string of the molecule is O=C(NCCc1ccc(-n2cccn2)cc1)c1ccccn1. The zero-order valence-electron chi connectivity index (χ0n) is 12.0. The molecular formula is C17H16N4O. The van der Waals surface area contributed by atoms with E-state index in [1.165, 1.54) is 0 Å². The quantitative estimate of drug-likeness (QED) is 0.784. The van der Waals surface area contributed by atoms with Crippen molar-refractivity contribution in [2.75, 3.05) is 6.54 Å². The van der Waals surface area contributed by atoms with Crippen LogP contribution >= 0.6 is 0 Å². The van der Waals surface area contributed by atoms with Gasteiger partial charge in [0, 0.05) is 25.1 Å². The Morgan fingerprint density at radius 1 is 1.05 bits per heavy atom. The van der Waals surface area contributed by atoms with E-state index in [4.69, 9.17) is 0 Å². The molecule has 0 radical (unpaired) electrons. The van der Waals surface area contributed by atoms with Gasteiger partial charge in [-0.15, -0.1) is 0 Å². The van der Waals surface area contributed by atoms with Gasteiger partial charge in [-0.3, -0.25) is 9.78 Å². The maximum absolute atomic E-state index is 11.9. The monoisotopic (exact) mass is 292 g/mol. The van der Waals surface area contributed by atoms with Crippen LogP contribution in [0.3, 0.4) is 0 Å². The van der Waals surface area contributed by atoms with E-state index in [1.807, 2.05) is 41.2 Å². The van der Waals surface area contributed by atoms with Crippen LogP contribution in [-0.2, 0) is 6.42 Å². The maximum Gasteiger partial charge on any atom is 0.269 e. The predicted molar refractivity (Wildman–Crippen MR) is 83.8 cm³/mol. The maximum atomic E-state index is 11.9. The van der Waals surface area contributed by atoms with Crippen molar-refractivity contribution in [3.05, 3.63) is 78.4 Å². The molecule has 0 aliphatic carbocycles. The molecular weight excluding hydrogens is 276 g/mol. The Morgan fingerprint density at radius 3 is 2.59 bits per heavy atom. The van der Waals surface area contributed by atoms with Crippen molar-refractivity contribution in [3.8, 4) is 5.69 Å². The van der Waals surface area contributed by atoms with Gasteiger partial charge in [-0.25, -0.2) is 4.68 Å². The molecule has 2 heterocycles. The molecule has 0 aliphatic heterocycles. The molecule has 110 valence electrons. The van der Waals surface area contributed by atoms with Crippen LogP contribution in [0.15, 0.2) is 67.1 Å². The largest absolute Gasteiger partial charge is 0.350 e. The summed E-state index contributed by atoms with van der Waals surface area (Å²) in [5, 5.41) is 7.06. The molecule has 0 fully saturated rings. The van der Waals surface area contributed by atoms with Crippen LogP contribution in [0.5, 0.6) is 0 Å². The van der Waals surface area contributed by atoms with Crippen LogP contribution in [0.2, 0.25) is 0 Å².